The van der Waals surface area contributed by atoms with Gasteiger partial charge < -0.3 is 20.1 Å². The lowest BCUT2D eigenvalue weighted by Crippen LogP contribution is -2.39. The fourth-order valence-electron chi connectivity index (χ4n) is 3.28. The highest BCUT2D eigenvalue weighted by Gasteiger charge is 2.41. The number of ether oxygens (including phenoxy) is 2. The first-order chi connectivity index (χ1) is 12.7. The summed E-state index contributed by atoms with van der Waals surface area (Å²) in [6, 6.07) is 4.98. The molecule has 27 heavy (non-hydrogen) atoms. The molecule has 0 aromatic heterocycles. The van der Waals surface area contributed by atoms with Crippen LogP contribution in [0.15, 0.2) is 23.2 Å². The number of rotatable bonds is 8. The molecular formula is C19H28ClFIN3O2. The fourth-order valence-corrected chi connectivity index (χ4v) is 3.58. The Hall–Kier alpha value is -0.640. The maximum absolute atomic E-state index is 14.0. The number of nitrogens with one attached hydrogen (secondary N) is 2. The van der Waals surface area contributed by atoms with Crippen LogP contribution >= 0.6 is 35.6 Å². The second-order valence-corrected chi connectivity index (χ2v) is 7.20. The lowest BCUT2D eigenvalue weighted by atomic mass is 10.1. The molecule has 3 atom stereocenters. The highest BCUT2D eigenvalue weighted by atomic mass is 127. The predicted octanol–water partition coefficient (Wildman–Crippen LogP) is 3.70. The van der Waals surface area contributed by atoms with Crippen LogP contribution in [-0.2, 0) is 9.47 Å². The van der Waals surface area contributed by atoms with E-state index in [0.29, 0.717) is 23.8 Å². The Morgan fingerprint density at radius 1 is 1.44 bits per heavy atom. The first-order valence-corrected chi connectivity index (χ1v) is 9.67. The standard InChI is InChI=1S/C19H27ClFN3O2.HI/c1-22-19(23-8-4-9-25-12-13-5-3-10-26-13)24-17-11-14(17)18-15(20)6-2-7-16(18)21;/h2,6-7,13-14,17H,3-5,8-12H2,1H3,(H2,22,23,24);1H. The Balaban J connectivity index is 0.00000261. The zero-order chi connectivity index (χ0) is 18.4. The zero-order valence-corrected chi connectivity index (χ0v) is 18.6. The lowest BCUT2D eigenvalue weighted by Gasteiger charge is -2.13. The molecular weight excluding hydrogens is 484 g/mol. The first kappa shape index (κ1) is 22.6. The minimum absolute atomic E-state index is 0. The molecule has 3 rings (SSSR count). The average molecular weight is 512 g/mol. The van der Waals surface area contributed by atoms with Gasteiger partial charge in [-0.25, -0.2) is 4.39 Å². The van der Waals surface area contributed by atoms with Crippen molar-refractivity contribution in [1.29, 1.82) is 0 Å². The van der Waals surface area contributed by atoms with Crippen LogP contribution < -0.4 is 10.6 Å². The molecule has 2 N–H and O–H groups in total. The fraction of sp³-hybridized carbons (Fsp3) is 0.632. The molecule has 2 aliphatic rings. The summed E-state index contributed by atoms with van der Waals surface area (Å²) in [6.07, 6.45) is 4.25. The van der Waals surface area contributed by atoms with Gasteiger partial charge >= 0.3 is 0 Å². The van der Waals surface area contributed by atoms with E-state index in [1.165, 1.54) is 6.07 Å². The van der Waals surface area contributed by atoms with Crippen LogP contribution in [0.1, 0.15) is 37.2 Å². The summed E-state index contributed by atoms with van der Waals surface area (Å²) in [5.74, 6) is 0.583. The highest BCUT2D eigenvalue weighted by Crippen LogP contribution is 2.44. The van der Waals surface area contributed by atoms with Gasteiger partial charge in [0.15, 0.2) is 5.96 Å². The van der Waals surface area contributed by atoms with E-state index in [-0.39, 0.29) is 47.9 Å². The van der Waals surface area contributed by atoms with Crippen molar-refractivity contribution < 1.29 is 13.9 Å². The quantitative estimate of drug-likeness (QED) is 0.242. The Labute approximate surface area is 182 Å². The molecule has 1 aromatic carbocycles. The topological polar surface area (TPSA) is 54.9 Å². The zero-order valence-electron chi connectivity index (χ0n) is 15.5. The van der Waals surface area contributed by atoms with Gasteiger partial charge in [-0.15, -0.1) is 24.0 Å². The van der Waals surface area contributed by atoms with Crippen LogP contribution in [0.25, 0.3) is 0 Å². The smallest absolute Gasteiger partial charge is 0.191 e. The molecule has 152 valence electrons. The second kappa shape index (κ2) is 11.4. The lowest BCUT2D eigenvalue weighted by molar-refractivity contribution is 0.0168. The van der Waals surface area contributed by atoms with E-state index in [0.717, 1.165) is 44.8 Å². The van der Waals surface area contributed by atoms with E-state index >= 15 is 0 Å². The average Bonchev–Trinajstić information content (AvgIpc) is 3.16. The van der Waals surface area contributed by atoms with E-state index in [2.05, 4.69) is 15.6 Å². The van der Waals surface area contributed by atoms with E-state index < -0.39 is 0 Å². The molecule has 1 heterocycles. The summed E-state index contributed by atoms with van der Waals surface area (Å²) in [6.45, 7) is 3.00. The third-order valence-corrected chi connectivity index (χ3v) is 5.12. The number of nitrogens with zero attached hydrogens (tertiary/aromatic N) is 1. The summed E-state index contributed by atoms with van der Waals surface area (Å²) in [5.41, 5.74) is 0.602. The van der Waals surface area contributed by atoms with Crippen LogP contribution in [0.5, 0.6) is 0 Å². The molecule has 3 unspecified atom stereocenters. The SMILES string of the molecule is CN=C(NCCCOCC1CCCO1)NC1CC1c1c(F)cccc1Cl.I. The molecule has 0 bridgehead atoms. The first-order valence-electron chi connectivity index (χ1n) is 9.29. The van der Waals surface area contributed by atoms with E-state index in [1.807, 2.05) is 0 Å². The molecule has 1 aliphatic heterocycles. The molecule has 8 heteroatoms. The van der Waals surface area contributed by atoms with Gasteiger partial charge in [-0.2, -0.15) is 0 Å². The number of halogens is 3. The van der Waals surface area contributed by atoms with Gasteiger partial charge in [0.2, 0.25) is 0 Å². The Bertz CT molecular complexity index is 609. The van der Waals surface area contributed by atoms with Crippen molar-refractivity contribution in [2.45, 2.75) is 43.7 Å². The molecule has 1 aromatic rings. The Morgan fingerprint density at radius 3 is 3.00 bits per heavy atom. The molecule has 1 aliphatic carbocycles. The van der Waals surface area contributed by atoms with Crippen molar-refractivity contribution in [1.82, 2.24) is 10.6 Å². The van der Waals surface area contributed by atoms with Gasteiger partial charge in [0.1, 0.15) is 5.82 Å². The molecule has 0 spiro atoms. The molecule has 1 saturated carbocycles. The van der Waals surface area contributed by atoms with Crippen molar-refractivity contribution in [3.63, 3.8) is 0 Å². The van der Waals surface area contributed by atoms with E-state index in [9.17, 15) is 4.39 Å². The second-order valence-electron chi connectivity index (χ2n) is 6.79. The minimum Gasteiger partial charge on any atom is -0.379 e. The van der Waals surface area contributed by atoms with Crippen molar-refractivity contribution >= 4 is 41.5 Å². The minimum atomic E-state index is -0.238. The summed E-state index contributed by atoms with van der Waals surface area (Å²) in [5, 5.41) is 7.09. The van der Waals surface area contributed by atoms with E-state index in [1.54, 1.807) is 19.2 Å². The highest BCUT2D eigenvalue weighted by molar-refractivity contribution is 14.0. The van der Waals surface area contributed by atoms with Gasteiger partial charge in [-0.3, -0.25) is 4.99 Å². The maximum Gasteiger partial charge on any atom is 0.191 e. The molecule has 0 amide bonds. The van der Waals surface area contributed by atoms with Crippen molar-refractivity contribution in [3.8, 4) is 0 Å². The van der Waals surface area contributed by atoms with Crippen molar-refractivity contribution in [2.75, 3.05) is 33.4 Å². The summed E-state index contributed by atoms with van der Waals surface area (Å²) < 4.78 is 25.2. The third-order valence-electron chi connectivity index (χ3n) is 4.79. The van der Waals surface area contributed by atoms with Crippen LogP contribution in [-0.4, -0.2) is 51.5 Å². The van der Waals surface area contributed by atoms with Crippen LogP contribution in [0.3, 0.4) is 0 Å². The number of aliphatic imine (C=N–C) groups is 1. The molecule has 2 fully saturated rings. The normalized spacial score (nSPS) is 24.4. The third kappa shape index (κ3) is 6.73. The molecule has 1 saturated heterocycles. The number of hydrogen-bond donors (Lipinski definition) is 2. The van der Waals surface area contributed by atoms with Gasteiger partial charge in [-0.05, 0) is 37.8 Å². The van der Waals surface area contributed by atoms with Gasteiger partial charge in [0, 0.05) is 49.4 Å². The van der Waals surface area contributed by atoms with Crippen LogP contribution in [0.4, 0.5) is 4.39 Å². The molecule has 5 nitrogen and oxygen atoms in total. The Morgan fingerprint density at radius 2 is 2.30 bits per heavy atom. The van der Waals surface area contributed by atoms with E-state index in [4.69, 9.17) is 21.1 Å². The maximum atomic E-state index is 14.0. The Kier molecular flexibility index (Phi) is 9.55. The number of benzene rings is 1. The summed E-state index contributed by atoms with van der Waals surface area (Å²) in [4.78, 5) is 4.23. The van der Waals surface area contributed by atoms with Crippen LogP contribution in [0.2, 0.25) is 5.02 Å². The van der Waals surface area contributed by atoms with Gasteiger partial charge in [-0.1, -0.05) is 17.7 Å². The van der Waals surface area contributed by atoms with Gasteiger partial charge in [0.25, 0.3) is 0 Å². The number of guanidine groups is 1. The monoisotopic (exact) mass is 511 g/mol. The largest absolute Gasteiger partial charge is 0.379 e. The summed E-state index contributed by atoms with van der Waals surface area (Å²) in [7, 11) is 1.73. The van der Waals surface area contributed by atoms with Crippen molar-refractivity contribution in [3.05, 3.63) is 34.6 Å². The molecule has 0 radical (unpaired) electrons. The predicted molar refractivity (Wildman–Crippen MR) is 117 cm³/mol. The number of hydrogen-bond acceptors (Lipinski definition) is 3. The van der Waals surface area contributed by atoms with Crippen molar-refractivity contribution in [2.24, 2.45) is 4.99 Å². The van der Waals surface area contributed by atoms with Crippen LogP contribution in [0, 0.1) is 5.82 Å². The summed E-state index contributed by atoms with van der Waals surface area (Å²) >= 11 is 6.14. The van der Waals surface area contributed by atoms with Gasteiger partial charge in [0.05, 0.1) is 12.7 Å².